The molecular weight excluding hydrogens is 356 g/mol. The van der Waals surface area contributed by atoms with Crippen LogP contribution in [0.1, 0.15) is 32.1 Å². The number of fused-ring (bicyclic) bond motifs is 1. The lowest BCUT2D eigenvalue weighted by Gasteiger charge is -2.25. The molecule has 2 saturated heterocycles. The van der Waals surface area contributed by atoms with Gasteiger partial charge in [0.15, 0.2) is 5.76 Å². The van der Waals surface area contributed by atoms with Gasteiger partial charge in [0.05, 0.1) is 31.6 Å². The van der Waals surface area contributed by atoms with Gasteiger partial charge in [0.2, 0.25) is 5.95 Å². The highest BCUT2D eigenvalue weighted by Gasteiger charge is 2.47. The standard InChI is InChI=1S/C21H28N4O3/c1-2-5-14(6-3-1)11-23-16-12-27-20-17(13-28-19(16)20)25-21-22-9-8-15(24-21)18-7-4-10-26-18/h4,7-10,14,16-17,19-20,23H,1-3,5-6,11-13H2,(H,22,24,25)/t16-,17+,19-,20+/m0/s1. The van der Waals surface area contributed by atoms with Gasteiger partial charge in [-0.3, -0.25) is 0 Å². The predicted molar refractivity (Wildman–Crippen MR) is 105 cm³/mol. The number of nitrogens with zero attached hydrogens (tertiary/aromatic N) is 2. The maximum absolute atomic E-state index is 6.09. The Morgan fingerprint density at radius 3 is 2.64 bits per heavy atom. The van der Waals surface area contributed by atoms with Crippen LogP contribution in [-0.4, -0.2) is 54.0 Å². The Balaban J connectivity index is 1.18. The van der Waals surface area contributed by atoms with Crippen molar-refractivity contribution >= 4 is 5.95 Å². The summed E-state index contributed by atoms with van der Waals surface area (Å²) in [6.45, 7) is 2.38. The van der Waals surface area contributed by atoms with Gasteiger partial charge in [-0.1, -0.05) is 19.3 Å². The van der Waals surface area contributed by atoms with E-state index in [1.165, 1.54) is 32.1 Å². The number of hydrogen-bond donors (Lipinski definition) is 2. The number of hydrogen-bond acceptors (Lipinski definition) is 7. The number of furan rings is 1. The third-order valence-electron chi connectivity index (χ3n) is 6.19. The van der Waals surface area contributed by atoms with Crippen LogP contribution in [0.4, 0.5) is 5.95 Å². The largest absolute Gasteiger partial charge is 0.463 e. The summed E-state index contributed by atoms with van der Waals surface area (Å²) < 4.78 is 17.6. The zero-order chi connectivity index (χ0) is 18.8. The molecule has 7 heteroatoms. The maximum atomic E-state index is 6.09. The lowest BCUT2D eigenvalue weighted by molar-refractivity contribution is 0.0671. The first-order valence-electron chi connectivity index (χ1n) is 10.5. The van der Waals surface area contributed by atoms with Gasteiger partial charge in [-0.2, -0.15) is 0 Å². The van der Waals surface area contributed by atoms with E-state index < -0.39 is 0 Å². The number of nitrogens with one attached hydrogen (secondary N) is 2. The minimum absolute atomic E-state index is 0.0275. The van der Waals surface area contributed by atoms with Crippen LogP contribution in [0.15, 0.2) is 35.1 Å². The summed E-state index contributed by atoms with van der Waals surface area (Å²) in [5.41, 5.74) is 0.761. The average Bonchev–Trinajstić information content (AvgIpc) is 3.47. The molecule has 2 N–H and O–H groups in total. The van der Waals surface area contributed by atoms with Crippen LogP contribution in [0, 0.1) is 5.92 Å². The van der Waals surface area contributed by atoms with E-state index in [9.17, 15) is 0 Å². The minimum Gasteiger partial charge on any atom is -0.463 e. The summed E-state index contributed by atoms with van der Waals surface area (Å²) >= 11 is 0. The van der Waals surface area contributed by atoms with Crippen molar-refractivity contribution in [2.75, 3.05) is 25.1 Å². The van der Waals surface area contributed by atoms with Crippen molar-refractivity contribution in [3.63, 3.8) is 0 Å². The van der Waals surface area contributed by atoms with Gasteiger partial charge in [-0.15, -0.1) is 0 Å². The third kappa shape index (κ3) is 3.79. The maximum Gasteiger partial charge on any atom is 0.223 e. The molecule has 0 aromatic carbocycles. The zero-order valence-electron chi connectivity index (χ0n) is 16.0. The predicted octanol–water partition coefficient (Wildman–Crippen LogP) is 2.85. The Bertz CT molecular complexity index is 763. The molecule has 5 rings (SSSR count). The lowest BCUT2D eigenvalue weighted by atomic mass is 9.89. The summed E-state index contributed by atoms with van der Waals surface area (Å²) in [5, 5.41) is 7.11. The fraction of sp³-hybridized carbons (Fsp3) is 0.619. The van der Waals surface area contributed by atoms with Gasteiger partial charge in [-0.05, 0) is 43.5 Å². The van der Waals surface area contributed by atoms with E-state index in [0.717, 1.165) is 23.9 Å². The molecule has 0 bridgehead atoms. The highest BCUT2D eigenvalue weighted by atomic mass is 16.6. The van der Waals surface area contributed by atoms with E-state index in [1.54, 1.807) is 12.5 Å². The number of rotatable bonds is 6. The highest BCUT2D eigenvalue weighted by Crippen LogP contribution is 2.30. The molecule has 0 radical (unpaired) electrons. The van der Waals surface area contributed by atoms with Gasteiger partial charge < -0.3 is 24.5 Å². The van der Waals surface area contributed by atoms with Crippen LogP contribution >= 0.6 is 0 Å². The van der Waals surface area contributed by atoms with Crippen molar-refractivity contribution in [2.24, 2.45) is 5.92 Å². The van der Waals surface area contributed by atoms with E-state index in [1.807, 2.05) is 18.2 Å². The molecule has 0 unspecified atom stereocenters. The normalized spacial score (nSPS) is 30.4. The molecule has 1 saturated carbocycles. The second-order valence-corrected chi connectivity index (χ2v) is 8.11. The van der Waals surface area contributed by atoms with Gasteiger partial charge in [-0.25, -0.2) is 9.97 Å². The fourth-order valence-electron chi connectivity index (χ4n) is 4.66. The summed E-state index contributed by atoms with van der Waals surface area (Å²) in [6, 6.07) is 5.92. The monoisotopic (exact) mass is 384 g/mol. The average molecular weight is 384 g/mol. The lowest BCUT2D eigenvalue weighted by Crippen LogP contribution is -2.44. The van der Waals surface area contributed by atoms with Crippen molar-refractivity contribution < 1.29 is 13.9 Å². The number of aromatic nitrogens is 2. The van der Waals surface area contributed by atoms with Crippen molar-refractivity contribution in [3.05, 3.63) is 30.7 Å². The van der Waals surface area contributed by atoms with Crippen LogP contribution in [0.3, 0.4) is 0 Å². The summed E-state index contributed by atoms with van der Waals surface area (Å²) in [6.07, 6.45) is 10.4. The Hall–Kier alpha value is -1.96. The quantitative estimate of drug-likeness (QED) is 0.792. The number of ether oxygens (including phenoxy) is 2. The first-order valence-corrected chi connectivity index (χ1v) is 10.5. The molecule has 2 aromatic heterocycles. The first-order chi connectivity index (χ1) is 13.9. The second-order valence-electron chi connectivity index (χ2n) is 8.11. The molecule has 3 aliphatic rings. The molecule has 2 aromatic rings. The molecule has 0 amide bonds. The Labute approximate surface area is 165 Å². The fourth-order valence-corrected chi connectivity index (χ4v) is 4.66. The topological polar surface area (TPSA) is 81.4 Å². The van der Waals surface area contributed by atoms with E-state index in [4.69, 9.17) is 13.9 Å². The van der Waals surface area contributed by atoms with Crippen LogP contribution in [0.5, 0.6) is 0 Å². The van der Waals surface area contributed by atoms with Gasteiger partial charge >= 0.3 is 0 Å². The van der Waals surface area contributed by atoms with E-state index in [2.05, 4.69) is 20.6 Å². The molecule has 4 atom stereocenters. The smallest absolute Gasteiger partial charge is 0.223 e. The third-order valence-corrected chi connectivity index (χ3v) is 6.19. The van der Waals surface area contributed by atoms with E-state index in [-0.39, 0.29) is 24.3 Å². The Kier molecular flexibility index (Phi) is 5.29. The van der Waals surface area contributed by atoms with Crippen LogP contribution in [0.25, 0.3) is 11.5 Å². The molecule has 1 aliphatic carbocycles. The van der Waals surface area contributed by atoms with Crippen molar-refractivity contribution in [1.82, 2.24) is 15.3 Å². The van der Waals surface area contributed by atoms with Gasteiger partial charge in [0.1, 0.15) is 17.9 Å². The first kappa shape index (κ1) is 18.1. The minimum atomic E-state index is 0.0275. The van der Waals surface area contributed by atoms with E-state index in [0.29, 0.717) is 19.2 Å². The van der Waals surface area contributed by atoms with Gasteiger partial charge in [0.25, 0.3) is 0 Å². The van der Waals surface area contributed by atoms with Crippen LogP contribution in [-0.2, 0) is 9.47 Å². The molecular formula is C21H28N4O3. The zero-order valence-corrected chi connectivity index (χ0v) is 16.0. The Morgan fingerprint density at radius 1 is 1.00 bits per heavy atom. The SMILES string of the molecule is c1coc(-c2ccnc(N[C@@H]3CO[C@@H]4[C@@H]3OC[C@@H]4NCC3CCCCC3)n2)c1. The van der Waals surface area contributed by atoms with Gasteiger partial charge in [0, 0.05) is 6.20 Å². The second kappa shape index (κ2) is 8.19. The van der Waals surface area contributed by atoms with Crippen molar-refractivity contribution in [3.8, 4) is 11.5 Å². The molecule has 3 fully saturated rings. The van der Waals surface area contributed by atoms with Crippen LogP contribution in [0.2, 0.25) is 0 Å². The molecule has 2 aliphatic heterocycles. The molecule has 4 heterocycles. The summed E-state index contributed by atoms with van der Waals surface area (Å²) in [7, 11) is 0. The van der Waals surface area contributed by atoms with Crippen LogP contribution < -0.4 is 10.6 Å². The highest BCUT2D eigenvalue weighted by molar-refractivity contribution is 5.53. The summed E-state index contributed by atoms with van der Waals surface area (Å²) in [5.74, 6) is 2.11. The molecule has 150 valence electrons. The molecule has 7 nitrogen and oxygen atoms in total. The summed E-state index contributed by atoms with van der Waals surface area (Å²) in [4.78, 5) is 8.92. The van der Waals surface area contributed by atoms with E-state index >= 15 is 0 Å². The number of anilines is 1. The van der Waals surface area contributed by atoms with Crippen molar-refractivity contribution in [1.29, 1.82) is 0 Å². The Morgan fingerprint density at radius 2 is 1.82 bits per heavy atom. The van der Waals surface area contributed by atoms with Crippen molar-refractivity contribution in [2.45, 2.75) is 56.4 Å². The molecule has 28 heavy (non-hydrogen) atoms. The molecule has 0 spiro atoms.